The van der Waals surface area contributed by atoms with Crippen LogP contribution >= 0.6 is 0 Å². The van der Waals surface area contributed by atoms with Crippen molar-refractivity contribution < 1.29 is 32.3 Å². The lowest BCUT2D eigenvalue weighted by molar-refractivity contribution is -0.142. The van der Waals surface area contributed by atoms with Crippen LogP contribution in [-0.4, -0.2) is 82.7 Å². The number of benzene rings is 1. The second-order valence-corrected chi connectivity index (χ2v) is 15.0. The van der Waals surface area contributed by atoms with Gasteiger partial charge in [0.05, 0.1) is 5.52 Å². The summed E-state index contributed by atoms with van der Waals surface area (Å²) < 4.78 is 41.1. The van der Waals surface area contributed by atoms with Crippen LogP contribution < -0.4 is 10.6 Å². The van der Waals surface area contributed by atoms with Crippen LogP contribution in [0.1, 0.15) is 68.3 Å². The summed E-state index contributed by atoms with van der Waals surface area (Å²) in [5.41, 5.74) is 1.84. The summed E-state index contributed by atoms with van der Waals surface area (Å²) in [5, 5.41) is 14.7. The third-order valence-electron chi connectivity index (χ3n) is 10.6. The van der Waals surface area contributed by atoms with Crippen molar-refractivity contribution in [2.45, 2.75) is 91.1 Å². The van der Waals surface area contributed by atoms with Gasteiger partial charge in [0, 0.05) is 65.9 Å². The molecule has 16 heteroatoms. The lowest BCUT2D eigenvalue weighted by Crippen LogP contribution is -2.46. The molecule has 2 N–H and O–H groups in total. The number of aryl methyl sites for hydroxylation is 1. The number of nitrogens with zero attached hydrogens (tertiary/aromatic N) is 7. The van der Waals surface area contributed by atoms with Gasteiger partial charge in [-0.3, -0.25) is 28.5 Å². The van der Waals surface area contributed by atoms with Gasteiger partial charge < -0.3 is 15.5 Å². The number of Topliss-reactive ketones (excluding diaryl/α,β-unsaturated/α-hetero) is 1. The molecule has 3 atom stereocenters. The Morgan fingerprint density at radius 3 is 2.53 bits per heavy atom. The monoisotopic (exact) mass is 731 g/mol. The third kappa shape index (κ3) is 7.18. The third-order valence-corrected chi connectivity index (χ3v) is 10.6. The Kier molecular flexibility index (Phi) is 8.97. The van der Waals surface area contributed by atoms with Crippen molar-refractivity contribution in [3.8, 4) is 11.1 Å². The van der Waals surface area contributed by atoms with Gasteiger partial charge in [0.15, 0.2) is 11.6 Å². The van der Waals surface area contributed by atoms with E-state index in [4.69, 9.17) is 0 Å². The predicted molar refractivity (Wildman–Crippen MR) is 187 cm³/mol. The van der Waals surface area contributed by atoms with Crippen LogP contribution in [-0.2, 0) is 33.9 Å². The van der Waals surface area contributed by atoms with E-state index in [1.807, 2.05) is 38.1 Å². The second-order valence-electron chi connectivity index (χ2n) is 15.0. The minimum absolute atomic E-state index is 0.0811. The molecule has 1 saturated carbocycles. The summed E-state index contributed by atoms with van der Waals surface area (Å²) in [6.07, 6.45) is 6.48. The van der Waals surface area contributed by atoms with Crippen molar-refractivity contribution in [1.29, 1.82) is 0 Å². The SMILES string of the molecule is CC(=O)c1nn2c3c(cc(-c4cnc(C)nc4)cc13)CC=CCCC(C)(C)C(=O)NC[C@@]13C[C@@H](C(=O)Nc4ccn(CC(F)(F)F)n4)N(C(=O)C2)[C@@H]1C3. The molecular formula is C37H40F3N9O4. The normalized spacial score (nSPS) is 23.0. The van der Waals surface area contributed by atoms with E-state index < -0.39 is 41.4 Å². The molecule has 3 aliphatic rings. The van der Waals surface area contributed by atoms with E-state index in [-0.39, 0.29) is 48.8 Å². The number of halogens is 3. The lowest BCUT2D eigenvalue weighted by atomic mass is 9.86. The Hall–Kier alpha value is -5.41. The van der Waals surface area contributed by atoms with E-state index >= 15 is 0 Å². The zero-order valence-corrected chi connectivity index (χ0v) is 29.8. The van der Waals surface area contributed by atoms with Crippen LogP contribution in [0.2, 0.25) is 0 Å². The molecule has 0 spiro atoms. The Bertz CT molecular complexity index is 2150. The Balaban J connectivity index is 1.28. The van der Waals surface area contributed by atoms with Crippen molar-refractivity contribution in [2.24, 2.45) is 10.8 Å². The maximum absolute atomic E-state index is 14.4. The average Bonchev–Trinajstić information content (AvgIpc) is 3.34. The minimum Gasteiger partial charge on any atom is -0.355 e. The molecule has 2 aliphatic heterocycles. The smallest absolute Gasteiger partial charge is 0.355 e. The van der Waals surface area contributed by atoms with Gasteiger partial charge in [-0.1, -0.05) is 26.0 Å². The summed E-state index contributed by atoms with van der Waals surface area (Å²) in [4.78, 5) is 64.9. The lowest BCUT2D eigenvalue weighted by Gasteiger charge is -2.27. The van der Waals surface area contributed by atoms with Crippen LogP contribution in [0, 0.1) is 17.8 Å². The maximum atomic E-state index is 14.4. The van der Waals surface area contributed by atoms with E-state index in [0.29, 0.717) is 47.1 Å². The first-order valence-corrected chi connectivity index (χ1v) is 17.5. The summed E-state index contributed by atoms with van der Waals surface area (Å²) in [5.74, 6) is -0.923. The van der Waals surface area contributed by atoms with Gasteiger partial charge in [0.1, 0.15) is 30.6 Å². The zero-order chi connectivity index (χ0) is 37.9. The minimum atomic E-state index is -4.50. The molecule has 53 heavy (non-hydrogen) atoms. The first-order valence-electron chi connectivity index (χ1n) is 17.5. The molecule has 2 fully saturated rings. The molecule has 5 heterocycles. The Morgan fingerprint density at radius 1 is 1.06 bits per heavy atom. The number of aromatic nitrogens is 6. The van der Waals surface area contributed by atoms with Crippen LogP contribution in [0.25, 0.3) is 22.0 Å². The summed E-state index contributed by atoms with van der Waals surface area (Å²) in [7, 11) is 0. The number of carbonyl (C=O) groups is 4. The zero-order valence-electron chi connectivity index (χ0n) is 29.8. The number of hydrogen-bond acceptors (Lipinski definition) is 8. The predicted octanol–water partition coefficient (Wildman–Crippen LogP) is 4.80. The number of ketones is 1. The highest BCUT2D eigenvalue weighted by Crippen LogP contribution is 2.59. The van der Waals surface area contributed by atoms with Gasteiger partial charge in [-0.2, -0.15) is 23.4 Å². The van der Waals surface area contributed by atoms with Gasteiger partial charge >= 0.3 is 6.18 Å². The largest absolute Gasteiger partial charge is 0.408 e. The molecule has 1 saturated heterocycles. The van der Waals surface area contributed by atoms with E-state index in [1.54, 1.807) is 19.3 Å². The van der Waals surface area contributed by atoms with Crippen molar-refractivity contribution in [1.82, 2.24) is 39.7 Å². The Morgan fingerprint density at radius 2 is 1.81 bits per heavy atom. The number of hydrogen-bond donors (Lipinski definition) is 2. The number of rotatable bonds is 5. The van der Waals surface area contributed by atoms with Crippen molar-refractivity contribution in [3.05, 3.63) is 66.0 Å². The summed E-state index contributed by atoms with van der Waals surface area (Å²) >= 11 is 0. The molecule has 1 aliphatic carbocycles. The molecule has 0 unspecified atom stereocenters. The van der Waals surface area contributed by atoms with Gasteiger partial charge in [-0.15, -0.1) is 0 Å². The number of alkyl halides is 3. The van der Waals surface area contributed by atoms with Gasteiger partial charge in [-0.25, -0.2) is 9.97 Å². The van der Waals surface area contributed by atoms with Crippen LogP contribution in [0.3, 0.4) is 0 Å². The number of carbonyl (C=O) groups excluding carboxylic acids is 4. The van der Waals surface area contributed by atoms with E-state index in [2.05, 4.69) is 30.8 Å². The fourth-order valence-corrected chi connectivity index (χ4v) is 7.61. The van der Waals surface area contributed by atoms with Gasteiger partial charge in [0.25, 0.3) is 0 Å². The highest BCUT2D eigenvalue weighted by atomic mass is 19.4. The van der Waals surface area contributed by atoms with Gasteiger partial charge in [0.2, 0.25) is 17.7 Å². The highest BCUT2D eigenvalue weighted by molar-refractivity contribution is 6.07. The topological polar surface area (TPSA) is 157 Å². The number of amides is 3. The Labute approximate surface area is 303 Å². The standard InChI is InChI=1S/C37H40F3N9O4/c1-21(50)31-26-13-24(25-16-41-22(2)42-17-25)12-23-8-6-5-7-10-35(3,4)34(53)43-19-36-14-27(33(52)44-29-9-11-47(45-29)20-37(38,39)40)49(28(36)15-36)30(51)18-48(46-31)32(23)26/h5-6,9,11-13,16-17,27-28H,7-8,10,14-15,18-20H2,1-4H3,(H,43,53)(H,44,45,52)/t27-,28+,36-/m0/s1. The molecule has 2 bridgehead atoms. The average molecular weight is 732 g/mol. The number of nitrogens with one attached hydrogen (secondary N) is 2. The molecule has 3 amide bonds. The maximum Gasteiger partial charge on any atom is 0.408 e. The van der Waals surface area contributed by atoms with Crippen molar-refractivity contribution in [3.63, 3.8) is 0 Å². The van der Waals surface area contributed by atoms with Crippen molar-refractivity contribution >= 4 is 40.2 Å². The molecular weight excluding hydrogens is 691 g/mol. The molecule has 4 aromatic rings. The number of piperidine rings is 1. The van der Waals surface area contributed by atoms with E-state index in [0.717, 1.165) is 22.9 Å². The van der Waals surface area contributed by atoms with E-state index in [9.17, 15) is 32.3 Å². The molecule has 278 valence electrons. The molecule has 13 nitrogen and oxygen atoms in total. The molecule has 3 aromatic heterocycles. The highest BCUT2D eigenvalue weighted by Gasteiger charge is 2.67. The van der Waals surface area contributed by atoms with Gasteiger partial charge in [-0.05, 0) is 62.3 Å². The summed E-state index contributed by atoms with van der Waals surface area (Å²) in [6.45, 7) is 5.60. The summed E-state index contributed by atoms with van der Waals surface area (Å²) in [6, 6.07) is 3.70. The van der Waals surface area contributed by atoms with Crippen molar-refractivity contribution in [2.75, 3.05) is 11.9 Å². The fraction of sp³-hybridized carbons (Fsp3) is 0.459. The number of allylic oxidation sites excluding steroid dienone is 2. The van der Waals surface area contributed by atoms with Crippen LogP contribution in [0.5, 0.6) is 0 Å². The van der Waals surface area contributed by atoms with E-state index in [1.165, 1.54) is 22.6 Å². The fourth-order valence-electron chi connectivity index (χ4n) is 7.61. The van der Waals surface area contributed by atoms with Crippen LogP contribution in [0.4, 0.5) is 19.0 Å². The second kappa shape index (κ2) is 13.2. The first-order chi connectivity index (χ1) is 25.0. The quantitative estimate of drug-likeness (QED) is 0.219. The molecule has 7 rings (SSSR count). The molecule has 1 aromatic carbocycles. The van der Waals surface area contributed by atoms with Crippen LogP contribution in [0.15, 0.2) is 48.9 Å². The number of anilines is 1. The molecule has 0 radical (unpaired) electrons. The first kappa shape index (κ1) is 36.0.